The average Bonchev–Trinajstić information content (AvgIpc) is 2.89. The number of nitrogens with two attached hydrogens (primary N) is 1. The zero-order valence-electron chi connectivity index (χ0n) is 11.4. The van der Waals surface area contributed by atoms with Crippen LogP contribution in [-0.4, -0.2) is 20.8 Å². The molecule has 0 unspecified atom stereocenters. The van der Waals surface area contributed by atoms with E-state index in [2.05, 4.69) is 12.1 Å². The van der Waals surface area contributed by atoms with Crippen molar-refractivity contribution < 1.29 is 9.47 Å². The summed E-state index contributed by atoms with van der Waals surface area (Å²) in [6, 6.07) is 6.41. The van der Waals surface area contributed by atoms with Gasteiger partial charge in [0.15, 0.2) is 0 Å². The van der Waals surface area contributed by atoms with Gasteiger partial charge in [-0.2, -0.15) is 0 Å². The van der Waals surface area contributed by atoms with Gasteiger partial charge in [-0.15, -0.1) is 0 Å². The molecule has 1 aromatic rings. The van der Waals surface area contributed by atoms with Crippen LogP contribution in [0.1, 0.15) is 36.8 Å². The minimum absolute atomic E-state index is 0.175. The SMILES string of the molecule is COCc1cc(C2(CN)CCCC2)ccc1OC. The van der Waals surface area contributed by atoms with Gasteiger partial charge in [0.1, 0.15) is 5.75 Å². The monoisotopic (exact) mass is 249 g/mol. The summed E-state index contributed by atoms with van der Waals surface area (Å²) in [7, 11) is 3.41. The Morgan fingerprint density at radius 1 is 1.22 bits per heavy atom. The molecule has 0 radical (unpaired) electrons. The van der Waals surface area contributed by atoms with Crippen molar-refractivity contribution in [2.75, 3.05) is 20.8 Å². The fourth-order valence-corrected chi connectivity index (χ4v) is 3.04. The molecule has 1 aliphatic carbocycles. The molecular formula is C15H23NO2. The first-order chi connectivity index (χ1) is 8.75. The first kappa shape index (κ1) is 13.4. The van der Waals surface area contributed by atoms with Crippen molar-refractivity contribution in [1.82, 2.24) is 0 Å². The number of hydrogen-bond acceptors (Lipinski definition) is 3. The van der Waals surface area contributed by atoms with Crippen molar-refractivity contribution in [2.24, 2.45) is 5.73 Å². The van der Waals surface area contributed by atoms with Gasteiger partial charge in [0.2, 0.25) is 0 Å². The fourth-order valence-electron chi connectivity index (χ4n) is 3.04. The van der Waals surface area contributed by atoms with Crippen LogP contribution in [0.5, 0.6) is 5.75 Å². The molecule has 0 atom stereocenters. The molecule has 3 nitrogen and oxygen atoms in total. The summed E-state index contributed by atoms with van der Waals surface area (Å²) in [4.78, 5) is 0. The van der Waals surface area contributed by atoms with Crippen LogP contribution in [0.25, 0.3) is 0 Å². The van der Waals surface area contributed by atoms with E-state index in [1.54, 1.807) is 14.2 Å². The van der Waals surface area contributed by atoms with Gasteiger partial charge in [-0.05, 0) is 30.5 Å². The van der Waals surface area contributed by atoms with Gasteiger partial charge < -0.3 is 15.2 Å². The Kier molecular flexibility index (Phi) is 4.25. The van der Waals surface area contributed by atoms with Crippen molar-refractivity contribution in [1.29, 1.82) is 0 Å². The second kappa shape index (κ2) is 5.72. The molecule has 0 spiro atoms. The van der Waals surface area contributed by atoms with Gasteiger partial charge in [0.05, 0.1) is 13.7 Å². The molecule has 1 saturated carbocycles. The third kappa shape index (κ3) is 2.38. The van der Waals surface area contributed by atoms with Crippen molar-refractivity contribution in [2.45, 2.75) is 37.7 Å². The molecule has 3 heteroatoms. The van der Waals surface area contributed by atoms with Crippen LogP contribution in [-0.2, 0) is 16.8 Å². The third-order valence-electron chi connectivity index (χ3n) is 4.14. The van der Waals surface area contributed by atoms with Crippen LogP contribution in [0, 0.1) is 0 Å². The Morgan fingerprint density at radius 2 is 1.94 bits per heavy atom. The first-order valence-electron chi connectivity index (χ1n) is 6.62. The van der Waals surface area contributed by atoms with Crippen LogP contribution >= 0.6 is 0 Å². The van der Waals surface area contributed by atoms with E-state index >= 15 is 0 Å². The van der Waals surface area contributed by atoms with E-state index in [4.69, 9.17) is 15.2 Å². The lowest BCUT2D eigenvalue weighted by Gasteiger charge is -2.28. The van der Waals surface area contributed by atoms with E-state index in [0.717, 1.165) is 17.9 Å². The Morgan fingerprint density at radius 3 is 2.50 bits per heavy atom. The molecule has 2 N–H and O–H groups in total. The molecule has 1 aromatic carbocycles. The van der Waals surface area contributed by atoms with Crippen molar-refractivity contribution >= 4 is 0 Å². The highest BCUT2D eigenvalue weighted by Gasteiger charge is 2.34. The number of methoxy groups -OCH3 is 2. The van der Waals surface area contributed by atoms with Crippen LogP contribution < -0.4 is 10.5 Å². The van der Waals surface area contributed by atoms with Gasteiger partial charge in [0.25, 0.3) is 0 Å². The molecule has 1 aliphatic rings. The van der Waals surface area contributed by atoms with Crippen molar-refractivity contribution in [3.8, 4) is 5.75 Å². The number of rotatable bonds is 5. The minimum atomic E-state index is 0.175. The van der Waals surface area contributed by atoms with Gasteiger partial charge in [-0.25, -0.2) is 0 Å². The lowest BCUT2D eigenvalue weighted by atomic mass is 9.78. The van der Waals surface area contributed by atoms with E-state index in [0.29, 0.717) is 6.61 Å². The smallest absolute Gasteiger partial charge is 0.124 e. The lowest BCUT2D eigenvalue weighted by Crippen LogP contribution is -2.32. The maximum Gasteiger partial charge on any atom is 0.124 e. The van der Waals surface area contributed by atoms with E-state index < -0.39 is 0 Å². The predicted octanol–water partition coefficient (Wildman–Crippen LogP) is 2.61. The maximum absolute atomic E-state index is 6.03. The Balaban J connectivity index is 2.36. The Labute approximate surface area is 109 Å². The number of hydrogen-bond donors (Lipinski definition) is 1. The summed E-state index contributed by atoms with van der Waals surface area (Å²) < 4.78 is 10.6. The summed E-state index contributed by atoms with van der Waals surface area (Å²) in [5, 5.41) is 0. The van der Waals surface area contributed by atoms with E-state index in [1.165, 1.54) is 31.2 Å². The molecule has 0 amide bonds. The molecule has 0 aliphatic heterocycles. The van der Waals surface area contributed by atoms with Gasteiger partial charge in [0, 0.05) is 24.6 Å². The topological polar surface area (TPSA) is 44.5 Å². The van der Waals surface area contributed by atoms with Crippen LogP contribution in [0.15, 0.2) is 18.2 Å². The zero-order chi connectivity index (χ0) is 13.0. The van der Waals surface area contributed by atoms with Crippen molar-refractivity contribution in [3.05, 3.63) is 29.3 Å². The highest BCUT2D eigenvalue weighted by molar-refractivity contribution is 5.40. The highest BCUT2D eigenvalue weighted by atomic mass is 16.5. The number of benzene rings is 1. The van der Waals surface area contributed by atoms with E-state index in [1.807, 2.05) is 6.07 Å². The fraction of sp³-hybridized carbons (Fsp3) is 0.600. The normalized spacial score (nSPS) is 17.9. The molecule has 100 valence electrons. The molecule has 2 rings (SSSR count). The molecule has 0 bridgehead atoms. The minimum Gasteiger partial charge on any atom is -0.496 e. The van der Waals surface area contributed by atoms with Crippen molar-refractivity contribution in [3.63, 3.8) is 0 Å². The van der Waals surface area contributed by atoms with Crippen LogP contribution in [0.3, 0.4) is 0 Å². The highest BCUT2D eigenvalue weighted by Crippen LogP contribution is 2.41. The van der Waals surface area contributed by atoms with E-state index in [9.17, 15) is 0 Å². The average molecular weight is 249 g/mol. The zero-order valence-corrected chi connectivity index (χ0v) is 11.4. The van der Waals surface area contributed by atoms with Crippen LogP contribution in [0.2, 0.25) is 0 Å². The molecule has 0 heterocycles. The summed E-state index contributed by atoms with van der Waals surface area (Å²) in [6.07, 6.45) is 4.95. The third-order valence-corrected chi connectivity index (χ3v) is 4.14. The first-order valence-corrected chi connectivity index (χ1v) is 6.62. The Hall–Kier alpha value is -1.06. The van der Waals surface area contributed by atoms with Crippen LogP contribution in [0.4, 0.5) is 0 Å². The predicted molar refractivity (Wildman–Crippen MR) is 72.9 cm³/mol. The number of ether oxygens (including phenoxy) is 2. The molecule has 1 fully saturated rings. The maximum atomic E-state index is 6.03. The van der Waals surface area contributed by atoms with Gasteiger partial charge in [-0.1, -0.05) is 18.9 Å². The molecule has 18 heavy (non-hydrogen) atoms. The lowest BCUT2D eigenvalue weighted by molar-refractivity contribution is 0.181. The molecule has 0 aromatic heterocycles. The molecular weight excluding hydrogens is 226 g/mol. The van der Waals surface area contributed by atoms with E-state index in [-0.39, 0.29) is 5.41 Å². The largest absolute Gasteiger partial charge is 0.496 e. The summed E-state index contributed by atoms with van der Waals surface area (Å²) in [5.74, 6) is 0.894. The second-order valence-corrected chi connectivity index (χ2v) is 5.15. The molecule has 0 saturated heterocycles. The second-order valence-electron chi connectivity index (χ2n) is 5.15. The quantitative estimate of drug-likeness (QED) is 0.872. The van der Waals surface area contributed by atoms with Gasteiger partial charge >= 0.3 is 0 Å². The summed E-state index contributed by atoms with van der Waals surface area (Å²) >= 11 is 0. The van der Waals surface area contributed by atoms with Gasteiger partial charge in [-0.3, -0.25) is 0 Å². The summed E-state index contributed by atoms with van der Waals surface area (Å²) in [5.41, 5.74) is 8.66. The standard InChI is InChI=1S/C15H23NO2/c1-17-10-12-9-13(5-6-14(12)18-2)15(11-16)7-3-4-8-15/h5-6,9H,3-4,7-8,10-11,16H2,1-2H3. The Bertz CT molecular complexity index is 397. The summed E-state index contributed by atoms with van der Waals surface area (Å²) in [6.45, 7) is 1.31.